The molecule has 0 radical (unpaired) electrons. The molecule has 4 rings (SSSR count). The van der Waals surface area contributed by atoms with Crippen molar-refractivity contribution in [2.75, 3.05) is 10.6 Å². The number of halogens is 1. The summed E-state index contributed by atoms with van der Waals surface area (Å²) in [6.07, 6.45) is 0. The van der Waals surface area contributed by atoms with Gasteiger partial charge >= 0.3 is 0 Å². The van der Waals surface area contributed by atoms with Crippen LogP contribution in [0.3, 0.4) is 0 Å². The molecule has 0 fully saturated rings. The van der Waals surface area contributed by atoms with Crippen LogP contribution in [0.15, 0.2) is 66.7 Å². The summed E-state index contributed by atoms with van der Waals surface area (Å²) in [6, 6.07) is 20.2. The Labute approximate surface area is 168 Å². The van der Waals surface area contributed by atoms with Gasteiger partial charge < -0.3 is 10.6 Å². The lowest BCUT2D eigenvalue weighted by molar-refractivity contribution is 0.102. The van der Waals surface area contributed by atoms with E-state index in [4.69, 9.17) is 11.6 Å². The minimum absolute atomic E-state index is 0.194. The fourth-order valence-electron chi connectivity index (χ4n) is 2.54. The summed E-state index contributed by atoms with van der Waals surface area (Å²) in [5.41, 5.74) is 1.44. The molecule has 0 aliphatic rings. The van der Waals surface area contributed by atoms with E-state index in [1.54, 1.807) is 6.07 Å². The van der Waals surface area contributed by atoms with Gasteiger partial charge in [0, 0.05) is 16.8 Å². The number of nitrogens with one attached hydrogen (secondary N) is 2. The first-order valence-electron chi connectivity index (χ1n) is 8.06. The van der Waals surface area contributed by atoms with E-state index in [0.717, 1.165) is 15.1 Å². The van der Waals surface area contributed by atoms with Crippen molar-refractivity contribution in [3.63, 3.8) is 0 Å². The van der Waals surface area contributed by atoms with Crippen LogP contribution < -0.4 is 10.6 Å². The van der Waals surface area contributed by atoms with Crippen LogP contribution in [0, 0.1) is 0 Å². The number of benzene rings is 2. The van der Waals surface area contributed by atoms with Gasteiger partial charge in [-0.25, -0.2) is 0 Å². The Hall–Kier alpha value is -2.67. The Bertz CT molecular complexity index is 1120. The van der Waals surface area contributed by atoms with Crippen molar-refractivity contribution in [3.8, 4) is 0 Å². The number of hydrogen-bond donors (Lipinski definition) is 2. The Kier molecular flexibility index (Phi) is 4.94. The molecule has 0 unspecified atom stereocenters. The summed E-state index contributed by atoms with van der Waals surface area (Å²) >= 11 is 9.04. The first-order chi connectivity index (χ1) is 13.1. The largest absolute Gasteiger partial charge is 0.321 e. The lowest BCUT2D eigenvalue weighted by atomic mass is 10.3. The highest BCUT2D eigenvalue weighted by atomic mass is 35.5. The molecule has 0 aliphatic heterocycles. The van der Waals surface area contributed by atoms with Gasteiger partial charge in [-0.1, -0.05) is 48.0 Å². The minimum atomic E-state index is -0.255. The number of carbonyl (C=O) groups is 2. The third kappa shape index (κ3) is 3.73. The summed E-state index contributed by atoms with van der Waals surface area (Å²) in [5, 5.41) is 6.78. The Morgan fingerprint density at radius 1 is 0.778 bits per heavy atom. The molecule has 0 saturated carbocycles. The Balaban J connectivity index is 1.56. The summed E-state index contributed by atoms with van der Waals surface area (Å²) in [4.78, 5) is 25.9. The zero-order chi connectivity index (χ0) is 18.8. The first kappa shape index (κ1) is 17.7. The van der Waals surface area contributed by atoms with Crippen LogP contribution in [-0.4, -0.2) is 11.8 Å². The van der Waals surface area contributed by atoms with E-state index < -0.39 is 0 Å². The maximum Gasteiger partial charge on any atom is 0.267 e. The average molecular weight is 413 g/mol. The van der Waals surface area contributed by atoms with Gasteiger partial charge in [0.05, 0.1) is 13.9 Å². The van der Waals surface area contributed by atoms with Crippen LogP contribution in [0.4, 0.5) is 11.4 Å². The molecule has 134 valence electrons. The predicted molar refractivity (Wildman–Crippen MR) is 114 cm³/mol. The molecule has 27 heavy (non-hydrogen) atoms. The second-order valence-electron chi connectivity index (χ2n) is 5.70. The molecule has 2 aromatic heterocycles. The molecule has 4 aromatic rings. The van der Waals surface area contributed by atoms with Crippen LogP contribution in [0.1, 0.15) is 19.3 Å². The van der Waals surface area contributed by atoms with Crippen molar-refractivity contribution in [2.45, 2.75) is 0 Å². The van der Waals surface area contributed by atoms with Crippen LogP contribution in [0.5, 0.6) is 0 Å². The van der Waals surface area contributed by atoms with Crippen molar-refractivity contribution in [3.05, 3.63) is 81.5 Å². The number of thiophene rings is 2. The van der Waals surface area contributed by atoms with Gasteiger partial charge in [0.1, 0.15) is 4.88 Å². The number of rotatable bonds is 4. The monoisotopic (exact) mass is 412 g/mol. The average Bonchev–Trinajstić information content (AvgIpc) is 3.23. The highest BCUT2D eigenvalue weighted by Gasteiger charge is 2.21. The predicted octanol–water partition coefficient (Wildman–Crippen LogP) is 6.12. The normalized spacial score (nSPS) is 10.7. The fraction of sp³-hybridized carbons (Fsp3) is 0. The number of amides is 2. The van der Waals surface area contributed by atoms with Gasteiger partial charge in [0.15, 0.2) is 0 Å². The zero-order valence-corrected chi connectivity index (χ0v) is 16.3. The molecular formula is C20H13ClN2O2S2. The van der Waals surface area contributed by atoms with Crippen LogP contribution in [0.25, 0.3) is 9.40 Å². The van der Waals surface area contributed by atoms with Crippen LogP contribution in [0.2, 0.25) is 5.02 Å². The smallest absolute Gasteiger partial charge is 0.267 e. The van der Waals surface area contributed by atoms with Crippen molar-refractivity contribution in [1.82, 2.24) is 0 Å². The molecule has 0 aliphatic carbocycles. The summed E-state index contributed by atoms with van der Waals surface area (Å²) < 4.78 is 0.844. The van der Waals surface area contributed by atoms with Gasteiger partial charge in [-0.15, -0.1) is 22.7 Å². The van der Waals surface area contributed by atoms with Gasteiger partial charge in [-0.2, -0.15) is 0 Å². The summed E-state index contributed by atoms with van der Waals surface area (Å²) in [5.74, 6) is -0.448. The lowest BCUT2D eigenvalue weighted by Crippen LogP contribution is -2.10. The third-order valence-corrected chi connectivity index (χ3v) is 6.75. The first-order valence-corrected chi connectivity index (χ1v) is 10.1. The van der Waals surface area contributed by atoms with Crippen molar-refractivity contribution in [1.29, 1.82) is 0 Å². The zero-order valence-electron chi connectivity index (χ0n) is 13.9. The number of anilines is 2. The van der Waals surface area contributed by atoms with Gasteiger partial charge in [-0.3, -0.25) is 9.59 Å². The molecule has 4 nitrogen and oxygen atoms in total. The maximum absolute atomic E-state index is 12.5. The Morgan fingerprint density at radius 3 is 1.89 bits per heavy atom. The van der Waals surface area contributed by atoms with E-state index in [1.807, 2.05) is 60.7 Å². The van der Waals surface area contributed by atoms with E-state index in [1.165, 1.54) is 22.7 Å². The molecule has 0 bridgehead atoms. The number of para-hydroxylation sites is 2. The third-order valence-electron chi connectivity index (χ3n) is 3.82. The van der Waals surface area contributed by atoms with Crippen molar-refractivity contribution < 1.29 is 9.59 Å². The van der Waals surface area contributed by atoms with Crippen molar-refractivity contribution >= 4 is 66.9 Å². The molecule has 0 spiro atoms. The van der Waals surface area contributed by atoms with Crippen molar-refractivity contribution in [2.24, 2.45) is 0 Å². The number of hydrogen-bond acceptors (Lipinski definition) is 4. The highest BCUT2D eigenvalue weighted by molar-refractivity contribution is 7.40. The molecule has 0 saturated heterocycles. The molecule has 0 atom stereocenters. The molecule has 2 amide bonds. The maximum atomic E-state index is 12.5. The summed E-state index contributed by atoms with van der Waals surface area (Å²) in [6.45, 7) is 0. The quantitative estimate of drug-likeness (QED) is 0.424. The second kappa shape index (κ2) is 7.52. The van der Waals surface area contributed by atoms with Gasteiger partial charge in [0.2, 0.25) is 0 Å². The molecular weight excluding hydrogens is 400 g/mol. The number of fused-ring (bicyclic) bond motifs is 1. The van der Waals surface area contributed by atoms with E-state index in [-0.39, 0.29) is 11.8 Å². The highest BCUT2D eigenvalue weighted by Crippen LogP contribution is 2.41. The summed E-state index contributed by atoms with van der Waals surface area (Å²) in [7, 11) is 0. The van der Waals surface area contributed by atoms with Crippen LogP contribution >= 0.6 is 34.3 Å². The molecule has 2 aromatic carbocycles. The minimum Gasteiger partial charge on any atom is -0.321 e. The van der Waals surface area contributed by atoms with E-state index in [9.17, 15) is 9.59 Å². The molecule has 7 heteroatoms. The van der Waals surface area contributed by atoms with Gasteiger partial charge in [0.25, 0.3) is 11.8 Å². The fourth-order valence-corrected chi connectivity index (χ4v) is 5.28. The van der Waals surface area contributed by atoms with E-state index in [2.05, 4.69) is 10.6 Å². The molecule has 2 N–H and O–H groups in total. The van der Waals surface area contributed by atoms with Gasteiger partial charge in [-0.05, 0) is 30.3 Å². The van der Waals surface area contributed by atoms with E-state index >= 15 is 0 Å². The second-order valence-corrected chi connectivity index (χ2v) is 8.41. The lowest BCUT2D eigenvalue weighted by Gasteiger charge is -2.03. The van der Waals surface area contributed by atoms with Crippen LogP contribution in [-0.2, 0) is 0 Å². The number of carbonyl (C=O) groups excluding carboxylic acids is 2. The SMILES string of the molecule is O=C(Nc1ccccc1)c1cc2c(Cl)c(C(=O)Nc3ccccc3)sc2s1. The standard InChI is InChI=1S/C20H13ClN2O2S2/c21-16-14-11-15(18(24)22-12-7-3-1-4-8-12)26-20(14)27-17(16)19(25)23-13-9-5-2-6-10-13/h1-11H,(H,22,24)(H,23,25). The topological polar surface area (TPSA) is 58.2 Å². The van der Waals surface area contributed by atoms with E-state index in [0.29, 0.717) is 20.5 Å². The molecule has 2 heterocycles. The Morgan fingerprint density at radius 2 is 1.33 bits per heavy atom.